The van der Waals surface area contributed by atoms with E-state index in [9.17, 15) is 14.7 Å². The molecule has 25 heavy (non-hydrogen) atoms. The quantitative estimate of drug-likeness (QED) is 0.198. The van der Waals surface area contributed by atoms with Gasteiger partial charge in [0.25, 0.3) is 0 Å². The average molecular weight is 341 g/mol. The first-order valence-electron chi connectivity index (χ1n) is 7.49. The van der Waals surface area contributed by atoms with Crippen LogP contribution in [0.2, 0.25) is 0 Å². The summed E-state index contributed by atoms with van der Waals surface area (Å²) in [6, 6.07) is 14.8. The fourth-order valence-electron chi connectivity index (χ4n) is 2.51. The highest BCUT2D eigenvalue weighted by atomic mass is 16.5. The van der Waals surface area contributed by atoms with Crippen LogP contribution in [0.1, 0.15) is 17.5 Å². The third-order valence-corrected chi connectivity index (χ3v) is 3.76. The number of carbonyl (C=O) groups is 2. The van der Waals surface area contributed by atoms with Crippen molar-refractivity contribution in [3.8, 4) is 0 Å². The Bertz CT molecular complexity index is 792. The third kappa shape index (κ3) is 3.95. The number of amidine groups is 1. The van der Waals surface area contributed by atoms with Gasteiger partial charge in [-0.3, -0.25) is 15.0 Å². The van der Waals surface area contributed by atoms with Crippen LogP contribution in [0.3, 0.4) is 0 Å². The van der Waals surface area contributed by atoms with Crippen LogP contribution in [0.25, 0.3) is 0 Å². The van der Waals surface area contributed by atoms with Crippen LogP contribution in [-0.2, 0) is 26.3 Å². The van der Waals surface area contributed by atoms with E-state index in [0.29, 0.717) is 11.3 Å². The zero-order chi connectivity index (χ0) is 18.4. The van der Waals surface area contributed by atoms with E-state index in [1.807, 2.05) is 6.07 Å². The molecular weight excluding hydrogens is 322 g/mol. The topological polar surface area (TPSA) is 139 Å². The number of esters is 1. The summed E-state index contributed by atoms with van der Waals surface area (Å²) in [6.07, 6.45) is -0.514. The molecule has 0 saturated carbocycles. The molecule has 130 valence electrons. The van der Waals surface area contributed by atoms with E-state index < -0.39 is 29.6 Å². The molecule has 0 aliphatic carbocycles. The number of carboxylic acid groups (broad SMARTS) is 1. The van der Waals surface area contributed by atoms with Gasteiger partial charge in [-0.1, -0.05) is 42.5 Å². The molecule has 7 nitrogen and oxygen atoms in total. The van der Waals surface area contributed by atoms with Crippen molar-refractivity contribution in [1.29, 1.82) is 5.41 Å². The molecule has 6 N–H and O–H groups in total. The van der Waals surface area contributed by atoms with Crippen LogP contribution in [0.15, 0.2) is 54.6 Å². The van der Waals surface area contributed by atoms with Crippen LogP contribution < -0.4 is 11.5 Å². The number of carbonyl (C=O) groups excluding carboxylic acids is 1. The minimum Gasteiger partial charge on any atom is -0.480 e. The summed E-state index contributed by atoms with van der Waals surface area (Å²) in [5, 5.41) is 17.3. The van der Waals surface area contributed by atoms with Crippen LogP contribution in [0.5, 0.6) is 0 Å². The van der Waals surface area contributed by atoms with Crippen LogP contribution >= 0.6 is 0 Å². The van der Waals surface area contributed by atoms with E-state index in [4.69, 9.17) is 21.6 Å². The molecule has 0 heterocycles. The maximum atomic E-state index is 12.7. The smallest absolute Gasteiger partial charge is 0.328 e. The van der Waals surface area contributed by atoms with Gasteiger partial charge < -0.3 is 21.3 Å². The molecule has 0 bridgehead atoms. The van der Waals surface area contributed by atoms with E-state index in [0.717, 1.165) is 0 Å². The standard InChI is InChI=1S/C18H19N3O4/c19-14-8-4-7-13(9-14)18(16(22)23,10-15(20)21)17(24)25-11-12-5-2-1-3-6-12/h1-9H,10-11,19H2,(H3,20,21)(H,22,23). The van der Waals surface area contributed by atoms with E-state index in [1.54, 1.807) is 30.3 Å². The Balaban J connectivity index is 2.40. The maximum absolute atomic E-state index is 12.7. The predicted molar refractivity (Wildman–Crippen MR) is 92.9 cm³/mol. The van der Waals surface area contributed by atoms with Crippen molar-refractivity contribution in [3.05, 3.63) is 65.7 Å². The third-order valence-electron chi connectivity index (χ3n) is 3.76. The minimum absolute atomic E-state index is 0.0884. The largest absolute Gasteiger partial charge is 0.480 e. The Morgan fingerprint density at radius 1 is 1.12 bits per heavy atom. The Hall–Kier alpha value is -3.35. The van der Waals surface area contributed by atoms with Crippen LogP contribution in [-0.4, -0.2) is 22.9 Å². The van der Waals surface area contributed by atoms with Crippen molar-refractivity contribution in [2.24, 2.45) is 5.73 Å². The van der Waals surface area contributed by atoms with Crippen LogP contribution in [0.4, 0.5) is 5.69 Å². The van der Waals surface area contributed by atoms with Gasteiger partial charge in [-0.25, -0.2) is 0 Å². The molecule has 0 amide bonds. The average Bonchev–Trinajstić information content (AvgIpc) is 2.58. The Labute approximate surface area is 144 Å². The van der Waals surface area contributed by atoms with Gasteiger partial charge in [-0.2, -0.15) is 0 Å². The lowest BCUT2D eigenvalue weighted by Gasteiger charge is -2.27. The molecule has 0 aromatic heterocycles. The SMILES string of the molecule is N=C(N)CC(C(=O)O)(C(=O)OCc1ccccc1)c1cccc(N)c1. The second kappa shape index (κ2) is 7.48. The number of nitrogen functional groups attached to an aromatic ring is 1. The first-order chi connectivity index (χ1) is 11.9. The molecule has 2 aromatic carbocycles. The Morgan fingerprint density at radius 2 is 1.80 bits per heavy atom. The lowest BCUT2D eigenvalue weighted by molar-refractivity contribution is -0.162. The number of nitrogens with one attached hydrogen (secondary N) is 1. The van der Waals surface area contributed by atoms with Gasteiger partial charge in [0.05, 0.1) is 5.84 Å². The summed E-state index contributed by atoms with van der Waals surface area (Å²) in [5.41, 5.74) is 10.1. The Morgan fingerprint density at radius 3 is 2.36 bits per heavy atom. The summed E-state index contributed by atoms with van der Waals surface area (Å²) < 4.78 is 5.24. The number of aliphatic carboxylic acids is 1. The van der Waals surface area contributed by atoms with Crippen molar-refractivity contribution < 1.29 is 19.4 Å². The first kappa shape index (κ1) is 18.0. The van der Waals surface area contributed by atoms with Gasteiger partial charge in [0.1, 0.15) is 6.61 Å². The van der Waals surface area contributed by atoms with E-state index in [2.05, 4.69) is 0 Å². The minimum atomic E-state index is -2.13. The zero-order valence-corrected chi connectivity index (χ0v) is 13.4. The fourth-order valence-corrected chi connectivity index (χ4v) is 2.51. The number of benzene rings is 2. The van der Waals surface area contributed by atoms with Gasteiger partial charge >= 0.3 is 11.9 Å². The number of hydrogen-bond acceptors (Lipinski definition) is 5. The van der Waals surface area contributed by atoms with E-state index >= 15 is 0 Å². The number of hydrogen-bond donors (Lipinski definition) is 4. The summed E-state index contributed by atoms with van der Waals surface area (Å²) >= 11 is 0. The highest BCUT2D eigenvalue weighted by molar-refractivity contribution is 6.09. The number of nitrogens with two attached hydrogens (primary N) is 2. The van der Waals surface area contributed by atoms with E-state index in [1.165, 1.54) is 18.2 Å². The molecule has 1 unspecified atom stereocenters. The normalized spacial score (nSPS) is 12.8. The van der Waals surface area contributed by atoms with Gasteiger partial charge in [-0.05, 0) is 23.3 Å². The van der Waals surface area contributed by atoms with Crippen molar-refractivity contribution >= 4 is 23.5 Å². The molecular formula is C18H19N3O4. The molecule has 1 atom stereocenters. The molecule has 2 aromatic rings. The second-order valence-corrected chi connectivity index (χ2v) is 5.60. The highest BCUT2D eigenvalue weighted by Crippen LogP contribution is 2.32. The fraction of sp³-hybridized carbons (Fsp3) is 0.167. The molecule has 0 spiro atoms. The molecule has 0 radical (unpaired) electrons. The van der Waals surface area contributed by atoms with Gasteiger partial charge in [0.15, 0.2) is 5.41 Å². The van der Waals surface area contributed by atoms with Gasteiger partial charge in [0.2, 0.25) is 0 Å². The molecule has 7 heteroatoms. The van der Waals surface area contributed by atoms with Crippen LogP contribution in [0, 0.1) is 5.41 Å². The summed E-state index contributed by atoms with van der Waals surface area (Å²) in [6.45, 7) is -0.0884. The summed E-state index contributed by atoms with van der Waals surface area (Å²) in [5.74, 6) is -2.89. The molecule has 0 fully saturated rings. The molecule has 2 rings (SSSR count). The molecule has 0 aliphatic heterocycles. The van der Waals surface area contributed by atoms with Crippen molar-refractivity contribution in [2.45, 2.75) is 18.4 Å². The van der Waals surface area contributed by atoms with Crippen molar-refractivity contribution in [2.75, 3.05) is 5.73 Å². The number of rotatable bonds is 7. The Kier molecular flexibility index (Phi) is 5.38. The lowest BCUT2D eigenvalue weighted by Crippen LogP contribution is -2.47. The summed E-state index contributed by atoms with van der Waals surface area (Å²) in [7, 11) is 0. The molecule has 0 aliphatic rings. The van der Waals surface area contributed by atoms with Gasteiger partial charge in [0, 0.05) is 12.1 Å². The second-order valence-electron chi connectivity index (χ2n) is 5.60. The monoisotopic (exact) mass is 341 g/mol. The lowest BCUT2D eigenvalue weighted by atomic mass is 9.77. The summed E-state index contributed by atoms with van der Waals surface area (Å²) in [4.78, 5) is 24.8. The zero-order valence-electron chi connectivity index (χ0n) is 13.4. The van der Waals surface area contributed by atoms with Crippen molar-refractivity contribution in [3.63, 3.8) is 0 Å². The van der Waals surface area contributed by atoms with E-state index in [-0.39, 0.29) is 12.2 Å². The van der Waals surface area contributed by atoms with Crippen molar-refractivity contribution in [1.82, 2.24) is 0 Å². The molecule has 0 saturated heterocycles. The number of carboxylic acids is 1. The first-order valence-corrected chi connectivity index (χ1v) is 7.49. The number of ether oxygens (including phenoxy) is 1. The number of anilines is 1. The maximum Gasteiger partial charge on any atom is 0.328 e. The van der Waals surface area contributed by atoms with Gasteiger partial charge in [-0.15, -0.1) is 0 Å². The predicted octanol–water partition coefficient (Wildman–Crippen LogP) is 1.66. The highest BCUT2D eigenvalue weighted by Gasteiger charge is 2.50.